The van der Waals surface area contributed by atoms with Crippen LogP contribution in [-0.2, 0) is 17.9 Å². The molecule has 1 aromatic heterocycles. The number of amides is 2. The first-order valence-electron chi connectivity index (χ1n) is 10.1. The van der Waals surface area contributed by atoms with Gasteiger partial charge in [0.15, 0.2) is 0 Å². The van der Waals surface area contributed by atoms with E-state index in [4.69, 9.17) is 0 Å². The van der Waals surface area contributed by atoms with E-state index in [1.807, 2.05) is 35.0 Å². The number of aromatic nitrogens is 2. The van der Waals surface area contributed by atoms with Gasteiger partial charge in [-0.05, 0) is 43.6 Å². The van der Waals surface area contributed by atoms with Gasteiger partial charge in [-0.25, -0.2) is 4.68 Å². The zero-order valence-electron chi connectivity index (χ0n) is 16.3. The number of hydrogen-bond acceptors (Lipinski definition) is 4. The Morgan fingerprint density at radius 2 is 2.04 bits per heavy atom. The van der Waals surface area contributed by atoms with E-state index in [9.17, 15) is 9.59 Å². The molecule has 0 spiro atoms. The Morgan fingerprint density at radius 1 is 1.21 bits per heavy atom. The third-order valence-electron chi connectivity index (χ3n) is 5.77. The molecule has 3 heterocycles. The van der Waals surface area contributed by atoms with Gasteiger partial charge in [0, 0.05) is 30.6 Å². The third-order valence-corrected chi connectivity index (χ3v) is 5.77. The molecule has 1 fully saturated rings. The van der Waals surface area contributed by atoms with E-state index >= 15 is 0 Å². The van der Waals surface area contributed by atoms with Crippen LogP contribution < -0.4 is 10.2 Å². The topological polar surface area (TPSA) is 70.5 Å². The average Bonchev–Trinajstić information content (AvgIpc) is 3.37. The Kier molecular flexibility index (Phi) is 5.43. The Labute approximate surface area is 165 Å². The molecule has 4 rings (SSSR count). The van der Waals surface area contributed by atoms with E-state index in [0.717, 1.165) is 30.9 Å². The fourth-order valence-electron chi connectivity index (χ4n) is 4.16. The van der Waals surface area contributed by atoms with Crippen LogP contribution in [0.3, 0.4) is 0 Å². The van der Waals surface area contributed by atoms with Crippen molar-refractivity contribution in [1.29, 1.82) is 0 Å². The number of nitrogens with one attached hydrogen (secondary N) is 1. The number of anilines is 1. The quantitative estimate of drug-likeness (QED) is 0.831. The lowest BCUT2D eigenvalue weighted by Gasteiger charge is -2.27. The number of rotatable bonds is 6. The van der Waals surface area contributed by atoms with E-state index in [2.05, 4.69) is 22.2 Å². The van der Waals surface area contributed by atoms with Crippen LogP contribution in [0.2, 0.25) is 0 Å². The molecule has 1 saturated heterocycles. The SMILES string of the molecule is CCN1CCC[C@@H]1CNC(=O)c1ccc(CN2C(=O)CCn3nccc32)cc1. The maximum absolute atomic E-state index is 12.5. The van der Waals surface area contributed by atoms with Gasteiger partial charge in [-0.15, -0.1) is 0 Å². The van der Waals surface area contributed by atoms with Gasteiger partial charge < -0.3 is 5.32 Å². The molecule has 0 unspecified atom stereocenters. The van der Waals surface area contributed by atoms with E-state index < -0.39 is 0 Å². The van der Waals surface area contributed by atoms with Crippen LogP contribution >= 0.6 is 0 Å². The van der Waals surface area contributed by atoms with Crippen LogP contribution in [0.5, 0.6) is 0 Å². The van der Waals surface area contributed by atoms with Crippen LogP contribution in [0.4, 0.5) is 5.82 Å². The maximum Gasteiger partial charge on any atom is 0.251 e. The van der Waals surface area contributed by atoms with Gasteiger partial charge in [0.25, 0.3) is 5.91 Å². The van der Waals surface area contributed by atoms with E-state index in [1.54, 1.807) is 11.1 Å². The van der Waals surface area contributed by atoms with Gasteiger partial charge in [0.2, 0.25) is 5.91 Å². The molecule has 7 nitrogen and oxygen atoms in total. The summed E-state index contributed by atoms with van der Waals surface area (Å²) in [6.45, 7) is 6.13. The Hall–Kier alpha value is -2.67. The monoisotopic (exact) mass is 381 g/mol. The maximum atomic E-state index is 12.5. The largest absolute Gasteiger partial charge is 0.350 e. The summed E-state index contributed by atoms with van der Waals surface area (Å²) < 4.78 is 1.85. The summed E-state index contributed by atoms with van der Waals surface area (Å²) in [6, 6.07) is 9.83. The number of fused-ring (bicyclic) bond motifs is 1. The first-order valence-corrected chi connectivity index (χ1v) is 10.1. The molecule has 2 aromatic rings. The van der Waals surface area contributed by atoms with Crippen molar-refractivity contribution in [3.8, 4) is 0 Å². The molecular weight excluding hydrogens is 354 g/mol. The van der Waals surface area contributed by atoms with Gasteiger partial charge in [-0.3, -0.25) is 19.4 Å². The minimum Gasteiger partial charge on any atom is -0.350 e. The zero-order chi connectivity index (χ0) is 19.5. The lowest BCUT2D eigenvalue weighted by atomic mass is 10.1. The van der Waals surface area contributed by atoms with Crippen molar-refractivity contribution in [2.24, 2.45) is 0 Å². The highest BCUT2D eigenvalue weighted by atomic mass is 16.2. The molecule has 2 aliphatic heterocycles. The standard InChI is InChI=1S/C21H27N5O2/c1-2-24-12-3-4-18(24)14-22-21(28)17-7-5-16(6-8-17)15-25-19-9-11-23-26(19)13-10-20(25)27/h5-9,11,18H,2-4,10,12-15H2,1H3,(H,22,28)/t18-/m1/s1. The predicted octanol–water partition coefficient (Wildman–Crippen LogP) is 2.03. The Morgan fingerprint density at radius 3 is 2.82 bits per heavy atom. The minimum absolute atomic E-state index is 0.0402. The van der Waals surface area contributed by atoms with Crippen LogP contribution in [0.1, 0.15) is 42.1 Å². The van der Waals surface area contributed by atoms with Gasteiger partial charge in [-0.1, -0.05) is 19.1 Å². The number of likely N-dealkylation sites (N-methyl/N-ethyl adjacent to an activating group) is 1. The highest BCUT2D eigenvalue weighted by Crippen LogP contribution is 2.23. The first-order chi connectivity index (χ1) is 13.7. The highest BCUT2D eigenvalue weighted by molar-refractivity contribution is 5.95. The second-order valence-corrected chi connectivity index (χ2v) is 7.47. The van der Waals surface area contributed by atoms with Crippen molar-refractivity contribution in [2.75, 3.05) is 24.5 Å². The molecular formula is C21H27N5O2. The van der Waals surface area contributed by atoms with Crippen LogP contribution in [0.15, 0.2) is 36.5 Å². The lowest BCUT2D eigenvalue weighted by molar-refractivity contribution is -0.119. The Bertz CT molecular complexity index is 845. The second kappa shape index (κ2) is 8.14. The fraction of sp³-hybridized carbons (Fsp3) is 0.476. The summed E-state index contributed by atoms with van der Waals surface area (Å²) in [5.74, 6) is 0.892. The average molecular weight is 381 g/mol. The van der Waals surface area contributed by atoms with Crippen LogP contribution in [0.25, 0.3) is 0 Å². The molecule has 0 saturated carbocycles. The van der Waals surface area contributed by atoms with Crippen LogP contribution in [0, 0.1) is 0 Å². The molecule has 1 aromatic carbocycles. The van der Waals surface area contributed by atoms with Gasteiger partial charge in [0.05, 0.1) is 19.3 Å². The minimum atomic E-state index is -0.0402. The molecule has 2 amide bonds. The van der Waals surface area contributed by atoms with Crippen molar-refractivity contribution in [2.45, 2.75) is 45.3 Å². The number of likely N-dealkylation sites (tertiary alicyclic amines) is 1. The molecule has 2 aliphatic rings. The molecule has 7 heteroatoms. The Balaban J connectivity index is 1.36. The molecule has 0 radical (unpaired) electrons. The normalized spacial score (nSPS) is 19.7. The van der Waals surface area contributed by atoms with E-state index in [0.29, 0.717) is 37.7 Å². The van der Waals surface area contributed by atoms with Crippen molar-refractivity contribution in [3.63, 3.8) is 0 Å². The highest BCUT2D eigenvalue weighted by Gasteiger charge is 2.25. The summed E-state index contributed by atoms with van der Waals surface area (Å²) in [5.41, 5.74) is 1.65. The molecule has 0 aliphatic carbocycles. The van der Waals surface area contributed by atoms with Gasteiger partial charge in [-0.2, -0.15) is 5.10 Å². The van der Waals surface area contributed by atoms with Crippen molar-refractivity contribution in [3.05, 3.63) is 47.7 Å². The van der Waals surface area contributed by atoms with Crippen molar-refractivity contribution < 1.29 is 9.59 Å². The second-order valence-electron chi connectivity index (χ2n) is 7.47. The third kappa shape index (κ3) is 3.80. The van der Waals surface area contributed by atoms with E-state index in [-0.39, 0.29) is 11.8 Å². The molecule has 0 bridgehead atoms. The first kappa shape index (κ1) is 18.7. The lowest BCUT2D eigenvalue weighted by Crippen LogP contribution is -2.40. The summed E-state index contributed by atoms with van der Waals surface area (Å²) in [7, 11) is 0. The molecule has 28 heavy (non-hydrogen) atoms. The predicted molar refractivity (Wildman–Crippen MR) is 107 cm³/mol. The van der Waals surface area contributed by atoms with Gasteiger partial charge in [0.1, 0.15) is 5.82 Å². The fourth-order valence-corrected chi connectivity index (χ4v) is 4.16. The smallest absolute Gasteiger partial charge is 0.251 e. The number of aryl methyl sites for hydroxylation is 1. The number of carbonyl (C=O) groups excluding carboxylic acids is 2. The van der Waals surface area contributed by atoms with Crippen molar-refractivity contribution in [1.82, 2.24) is 20.0 Å². The summed E-state index contributed by atoms with van der Waals surface area (Å²) in [4.78, 5) is 29.0. The van der Waals surface area contributed by atoms with Crippen molar-refractivity contribution >= 4 is 17.6 Å². The number of hydrogen-bond donors (Lipinski definition) is 1. The summed E-state index contributed by atoms with van der Waals surface area (Å²) >= 11 is 0. The van der Waals surface area contributed by atoms with Crippen LogP contribution in [-0.4, -0.2) is 52.2 Å². The molecule has 148 valence electrons. The van der Waals surface area contributed by atoms with Gasteiger partial charge >= 0.3 is 0 Å². The number of benzene rings is 1. The molecule has 1 N–H and O–H groups in total. The number of nitrogens with zero attached hydrogens (tertiary/aromatic N) is 4. The summed E-state index contributed by atoms with van der Waals surface area (Å²) in [5, 5.41) is 7.32. The molecule has 1 atom stereocenters. The zero-order valence-corrected chi connectivity index (χ0v) is 16.3. The number of carbonyl (C=O) groups is 2. The summed E-state index contributed by atoms with van der Waals surface area (Å²) in [6.07, 6.45) is 4.54. The van der Waals surface area contributed by atoms with E-state index in [1.165, 1.54) is 6.42 Å².